The predicted molar refractivity (Wildman–Crippen MR) is 68.3 cm³/mol. The van der Waals surface area contributed by atoms with Gasteiger partial charge in [0.2, 0.25) is 5.95 Å². The van der Waals surface area contributed by atoms with Crippen LogP contribution in [-0.4, -0.2) is 32.8 Å². The number of phenolic OH excluding ortho intramolecular Hbond substituents is 1. The molecule has 7 heteroatoms. The van der Waals surface area contributed by atoms with Gasteiger partial charge in [-0.05, 0) is 31.5 Å². The van der Waals surface area contributed by atoms with Gasteiger partial charge in [-0.25, -0.2) is 5.10 Å². The van der Waals surface area contributed by atoms with E-state index in [0.717, 1.165) is 5.56 Å². The summed E-state index contributed by atoms with van der Waals surface area (Å²) < 4.78 is 5.06. The third-order valence-corrected chi connectivity index (χ3v) is 2.37. The maximum absolute atomic E-state index is 11.9. The first-order chi connectivity index (χ1) is 9.10. The van der Waals surface area contributed by atoms with Crippen LogP contribution >= 0.6 is 0 Å². The summed E-state index contributed by atoms with van der Waals surface area (Å²) in [5.41, 5.74) is 1.03. The molecule has 0 aliphatic heterocycles. The van der Waals surface area contributed by atoms with Gasteiger partial charge >= 0.3 is 6.01 Å². The molecule has 0 aliphatic rings. The van der Waals surface area contributed by atoms with Crippen LogP contribution in [0.1, 0.15) is 22.8 Å². The number of benzene rings is 1. The standard InChI is InChI=1S/C12H14N4O3/c1-3-19-12-14-11(15-16-12)13-10(18)8-5-4-7(2)6-9(8)17/h4-6,17H,3H2,1-2H3,(H2,13,14,15,16,18). The third kappa shape index (κ3) is 3.01. The molecular formula is C12H14N4O3. The molecule has 0 radical (unpaired) electrons. The topological polar surface area (TPSA) is 100 Å². The lowest BCUT2D eigenvalue weighted by atomic mass is 10.1. The Morgan fingerprint density at radius 1 is 1.53 bits per heavy atom. The Bertz CT molecular complexity index is 594. The zero-order valence-corrected chi connectivity index (χ0v) is 10.6. The number of aromatic hydroxyl groups is 1. The van der Waals surface area contributed by atoms with Gasteiger partial charge in [-0.2, -0.15) is 4.98 Å². The lowest BCUT2D eigenvalue weighted by Gasteiger charge is -2.04. The number of rotatable bonds is 4. The summed E-state index contributed by atoms with van der Waals surface area (Å²) >= 11 is 0. The van der Waals surface area contributed by atoms with E-state index in [9.17, 15) is 9.90 Å². The van der Waals surface area contributed by atoms with Crippen LogP contribution in [0.25, 0.3) is 0 Å². The van der Waals surface area contributed by atoms with Crippen molar-refractivity contribution < 1.29 is 14.6 Å². The average molecular weight is 262 g/mol. The van der Waals surface area contributed by atoms with Crippen LogP contribution in [0.15, 0.2) is 18.2 Å². The van der Waals surface area contributed by atoms with E-state index in [1.54, 1.807) is 19.1 Å². The highest BCUT2D eigenvalue weighted by molar-refractivity contribution is 6.05. The largest absolute Gasteiger partial charge is 0.507 e. The van der Waals surface area contributed by atoms with Gasteiger partial charge in [-0.15, -0.1) is 5.10 Å². The molecule has 1 heterocycles. The summed E-state index contributed by atoms with van der Waals surface area (Å²) in [7, 11) is 0. The van der Waals surface area contributed by atoms with Gasteiger partial charge in [0.25, 0.3) is 5.91 Å². The molecule has 1 amide bonds. The molecule has 100 valence electrons. The highest BCUT2D eigenvalue weighted by Crippen LogP contribution is 2.19. The molecule has 0 bridgehead atoms. The summed E-state index contributed by atoms with van der Waals surface area (Å²) in [5, 5.41) is 18.5. The minimum atomic E-state index is -0.475. The van der Waals surface area contributed by atoms with Gasteiger partial charge in [0.05, 0.1) is 12.2 Å². The van der Waals surface area contributed by atoms with Crippen molar-refractivity contribution in [1.82, 2.24) is 15.2 Å². The second-order valence-corrected chi connectivity index (χ2v) is 3.87. The number of carbonyl (C=O) groups excluding carboxylic acids is 1. The number of hydrogen-bond acceptors (Lipinski definition) is 5. The quantitative estimate of drug-likeness (QED) is 0.774. The maximum Gasteiger partial charge on any atom is 0.337 e. The number of nitrogens with one attached hydrogen (secondary N) is 2. The number of aromatic nitrogens is 3. The van der Waals surface area contributed by atoms with Crippen molar-refractivity contribution >= 4 is 11.9 Å². The predicted octanol–water partition coefficient (Wildman–Crippen LogP) is 1.47. The zero-order chi connectivity index (χ0) is 13.8. The van der Waals surface area contributed by atoms with E-state index in [2.05, 4.69) is 20.5 Å². The second kappa shape index (κ2) is 5.38. The number of phenols is 1. The average Bonchev–Trinajstić information content (AvgIpc) is 2.76. The first-order valence-electron chi connectivity index (χ1n) is 5.76. The van der Waals surface area contributed by atoms with E-state index in [4.69, 9.17) is 4.74 Å². The smallest absolute Gasteiger partial charge is 0.337 e. The fourth-order valence-electron chi connectivity index (χ4n) is 1.50. The van der Waals surface area contributed by atoms with Crippen molar-refractivity contribution in [3.63, 3.8) is 0 Å². The molecule has 1 aromatic carbocycles. The zero-order valence-electron chi connectivity index (χ0n) is 10.6. The van der Waals surface area contributed by atoms with Gasteiger partial charge in [0, 0.05) is 0 Å². The molecule has 0 atom stereocenters. The SMILES string of the molecule is CCOc1n[nH]c(NC(=O)c2ccc(C)cc2O)n1. The Morgan fingerprint density at radius 3 is 3.00 bits per heavy atom. The molecule has 0 fully saturated rings. The minimum Gasteiger partial charge on any atom is -0.507 e. The van der Waals surface area contributed by atoms with E-state index < -0.39 is 5.91 Å². The number of H-pyrrole nitrogens is 1. The van der Waals surface area contributed by atoms with Crippen LogP contribution in [0, 0.1) is 6.92 Å². The van der Waals surface area contributed by atoms with Crippen LogP contribution in [0.4, 0.5) is 5.95 Å². The van der Waals surface area contributed by atoms with Gasteiger partial charge < -0.3 is 9.84 Å². The molecule has 0 saturated heterocycles. The van der Waals surface area contributed by atoms with Gasteiger partial charge in [-0.1, -0.05) is 6.07 Å². The Morgan fingerprint density at radius 2 is 2.32 bits per heavy atom. The number of aryl methyl sites for hydroxylation is 1. The maximum atomic E-state index is 11.9. The van der Waals surface area contributed by atoms with E-state index in [0.29, 0.717) is 6.61 Å². The van der Waals surface area contributed by atoms with E-state index in [1.807, 2.05) is 6.92 Å². The fourth-order valence-corrected chi connectivity index (χ4v) is 1.50. The van der Waals surface area contributed by atoms with Gasteiger partial charge in [0.15, 0.2) is 0 Å². The van der Waals surface area contributed by atoms with Gasteiger partial charge in [-0.3, -0.25) is 10.1 Å². The minimum absolute atomic E-state index is 0.0814. The lowest BCUT2D eigenvalue weighted by molar-refractivity contribution is 0.102. The number of anilines is 1. The number of ether oxygens (including phenoxy) is 1. The third-order valence-electron chi connectivity index (χ3n) is 2.37. The number of hydrogen-bond donors (Lipinski definition) is 3. The highest BCUT2D eigenvalue weighted by Gasteiger charge is 2.13. The Balaban J connectivity index is 2.11. The first kappa shape index (κ1) is 12.9. The number of carbonyl (C=O) groups is 1. The molecule has 3 N–H and O–H groups in total. The van der Waals surface area contributed by atoms with Crippen molar-refractivity contribution in [3.05, 3.63) is 29.3 Å². The molecule has 7 nitrogen and oxygen atoms in total. The summed E-state index contributed by atoms with van der Waals surface area (Å²) in [6, 6.07) is 4.95. The Kier molecular flexibility index (Phi) is 3.65. The van der Waals surface area contributed by atoms with Crippen molar-refractivity contribution in [2.24, 2.45) is 0 Å². The van der Waals surface area contributed by atoms with Crippen LogP contribution in [-0.2, 0) is 0 Å². The first-order valence-corrected chi connectivity index (χ1v) is 5.76. The number of aromatic amines is 1. The monoisotopic (exact) mass is 262 g/mol. The Labute approximate surface area is 109 Å². The molecule has 0 saturated carbocycles. The summed E-state index contributed by atoms with van der Waals surface area (Å²) in [5.74, 6) is -0.396. The van der Waals surface area contributed by atoms with Crippen molar-refractivity contribution in [2.75, 3.05) is 11.9 Å². The summed E-state index contributed by atoms with van der Waals surface area (Å²) in [6.07, 6.45) is 0. The van der Waals surface area contributed by atoms with Crippen LogP contribution in [0.2, 0.25) is 0 Å². The summed E-state index contributed by atoms with van der Waals surface area (Å²) in [4.78, 5) is 15.8. The summed E-state index contributed by atoms with van der Waals surface area (Å²) in [6.45, 7) is 4.06. The van der Waals surface area contributed by atoms with E-state index in [-0.39, 0.29) is 23.3 Å². The van der Waals surface area contributed by atoms with Crippen LogP contribution < -0.4 is 10.1 Å². The molecule has 19 heavy (non-hydrogen) atoms. The molecular weight excluding hydrogens is 248 g/mol. The Hall–Kier alpha value is -2.57. The van der Waals surface area contributed by atoms with E-state index in [1.165, 1.54) is 6.07 Å². The molecule has 1 aromatic heterocycles. The number of amides is 1. The second-order valence-electron chi connectivity index (χ2n) is 3.87. The normalized spacial score (nSPS) is 10.2. The van der Waals surface area contributed by atoms with Crippen LogP contribution in [0.3, 0.4) is 0 Å². The fraction of sp³-hybridized carbons (Fsp3) is 0.250. The van der Waals surface area contributed by atoms with Crippen molar-refractivity contribution in [1.29, 1.82) is 0 Å². The van der Waals surface area contributed by atoms with E-state index >= 15 is 0 Å². The number of nitrogens with zero attached hydrogens (tertiary/aromatic N) is 2. The molecule has 0 unspecified atom stereocenters. The highest BCUT2D eigenvalue weighted by atomic mass is 16.5. The van der Waals surface area contributed by atoms with Crippen LogP contribution in [0.5, 0.6) is 11.8 Å². The molecule has 2 rings (SSSR count). The molecule has 0 spiro atoms. The van der Waals surface area contributed by atoms with Gasteiger partial charge in [0.1, 0.15) is 5.75 Å². The molecule has 0 aliphatic carbocycles. The molecule has 2 aromatic rings. The van der Waals surface area contributed by atoms with Crippen molar-refractivity contribution in [3.8, 4) is 11.8 Å². The van der Waals surface area contributed by atoms with Crippen molar-refractivity contribution in [2.45, 2.75) is 13.8 Å². The lowest BCUT2D eigenvalue weighted by Crippen LogP contribution is -2.13.